The number of fused-ring (bicyclic) bond motifs is 1. The maximum absolute atomic E-state index is 14.2. The van der Waals surface area contributed by atoms with Gasteiger partial charge in [0.2, 0.25) is 0 Å². The fourth-order valence-corrected chi connectivity index (χ4v) is 6.72. The molecule has 1 amide bonds. The maximum atomic E-state index is 14.2. The van der Waals surface area contributed by atoms with Crippen LogP contribution >= 0.6 is 0 Å². The summed E-state index contributed by atoms with van der Waals surface area (Å²) in [6, 6.07) is 4.62. The number of halogens is 3. The summed E-state index contributed by atoms with van der Waals surface area (Å²) in [5.41, 5.74) is -1.88. The number of aromatic hydroxyl groups is 1. The molecule has 38 heavy (non-hydrogen) atoms. The lowest BCUT2D eigenvalue weighted by Crippen LogP contribution is -2.73. The lowest BCUT2D eigenvalue weighted by atomic mass is 9.53. The second-order valence-corrected chi connectivity index (χ2v) is 11.2. The lowest BCUT2D eigenvalue weighted by Gasteiger charge is -2.59. The third-order valence-corrected chi connectivity index (χ3v) is 9.00. The Balaban J connectivity index is 1.41. The van der Waals surface area contributed by atoms with Gasteiger partial charge in [-0.3, -0.25) is 9.69 Å². The Labute approximate surface area is 217 Å². The van der Waals surface area contributed by atoms with E-state index in [9.17, 15) is 33.3 Å². The van der Waals surface area contributed by atoms with Gasteiger partial charge >= 0.3 is 0 Å². The van der Waals surface area contributed by atoms with E-state index < -0.39 is 51.9 Å². The number of phenolic OH excluding ortho intramolecular Hbond substituents is 1. The molecule has 2 aliphatic carbocycles. The molecule has 1 saturated heterocycles. The number of nitrogens with one attached hydrogen (secondary N) is 1. The number of ether oxygens (including phenoxy) is 1. The number of hydrogen-bond donors (Lipinski definition) is 4. The van der Waals surface area contributed by atoms with Crippen LogP contribution in [0.4, 0.5) is 18.9 Å². The van der Waals surface area contributed by atoms with Gasteiger partial charge in [-0.25, -0.2) is 13.2 Å². The summed E-state index contributed by atoms with van der Waals surface area (Å²) in [5, 5.41) is 36.4. The Hall–Kier alpha value is -3.24. The number of likely N-dealkylation sites (tertiary alicyclic amines) is 1. The molecule has 1 saturated carbocycles. The zero-order valence-electron chi connectivity index (χ0n) is 21.0. The molecule has 0 aromatic heterocycles. The van der Waals surface area contributed by atoms with Crippen molar-refractivity contribution < 1.29 is 38.0 Å². The molecule has 4 aliphatic rings. The van der Waals surface area contributed by atoms with Gasteiger partial charge in [0.15, 0.2) is 35.1 Å². The molecule has 4 N–H and O–H groups in total. The summed E-state index contributed by atoms with van der Waals surface area (Å²) in [7, 11) is 0. The van der Waals surface area contributed by atoms with Crippen molar-refractivity contribution in [1.29, 1.82) is 0 Å². The lowest BCUT2D eigenvalue weighted by molar-refractivity contribution is -0.153. The van der Waals surface area contributed by atoms with Crippen LogP contribution in [0.25, 0.3) is 0 Å². The smallest absolute Gasteiger partial charge is 0.254 e. The first kappa shape index (κ1) is 25.1. The monoisotopic (exact) mass is 530 g/mol. The van der Waals surface area contributed by atoms with Crippen LogP contribution in [-0.4, -0.2) is 57.0 Å². The van der Waals surface area contributed by atoms with Crippen molar-refractivity contribution >= 4 is 11.6 Å². The van der Waals surface area contributed by atoms with Crippen molar-refractivity contribution in [3.63, 3.8) is 0 Å². The molecule has 10 heteroatoms. The second kappa shape index (κ2) is 8.38. The van der Waals surface area contributed by atoms with Gasteiger partial charge in [-0.15, -0.1) is 0 Å². The average Bonchev–Trinajstić information content (AvgIpc) is 3.62. The van der Waals surface area contributed by atoms with Gasteiger partial charge in [0.05, 0.1) is 22.3 Å². The third kappa shape index (κ3) is 3.39. The van der Waals surface area contributed by atoms with Gasteiger partial charge in [-0.2, -0.15) is 0 Å². The van der Waals surface area contributed by atoms with Crippen molar-refractivity contribution in [1.82, 2.24) is 4.90 Å². The summed E-state index contributed by atoms with van der Waals surface area (Å²) in [5.74, 6) is -5.52. The molecular formula is C28H29F3N2O5. The normalized spacial score (nSPS) is 30.4. The van der Waals surface area contributed by atoms with E-state index in [0.29, 0.717) is 36.9 Å². The summed E-state index contributed by atoms with van der Waals surface area (Å²) in [6.45, 7) is 4.51. The van der Waals surface area contributed by atoms with Crippen LogP contribution in [0.2, 0.25) is 0 Å². The molecule has 2 bridgehead atoms. The Kier molecular flexibility index (Phi) is 5.53. The number of phenols is 1. The number of benzene rings is 2. The molecule has 0 unspecified atom stereocenters. The van der Waals surface area contributed by atoms with E-state index in [4.69, 9.17) is 4.74 Å². The third-order valence-electron chi connectivity index (χ3n) is 9.00. The van der Waals surface area contributed by atoms with Gasteiger partial charge < -0.3 is 25.4 Å². The van der Waals surface area contributed by atoms with E-state index in [1.807, 2.05) is 6.07 Å². The molecule has 4 atom stereocenters. The first-order chi connectivity index (χ1) is 18.0. The van der Waals surface area contributed by atoms with E-state index in [1.165, 1.54) is 13.0 Å². The number of piperidine rings is 1. The number of rotatable bonds is 5. The first-order valence-corrected chi connectivity index (χ1v) is 12.8. The molecule has 7 nitrogen and oxygen atoms in total. The highest BCUT2D eigenvalue weighted by Crippen LogP contribution is 2.63. The van der Waals surface area contributed by atoms with Gasteiger partial charge in [0.25, 0.3) is 5.91 Å². The minimum atomic E-state index is -1.73. The SMILES string of the molecule is C/C(C(=O)Nc1ccc(F)c(F)c1F)=C(/O)[C@@H]1Oc2c(O)ccc3c2[C@@]12CCN(CC1CC1)[C@H](C3)[C@@]2(C)O. The van der Waals surface area contributed by atoms with Crippen LogP contribution in [0.1, 0.15) is 44.2 Å². The minimum absolute atomic E-state index is 0.140. The topological polar surface area (TPSA) is 102 Å². The van der Waals surface area contributed by atoms with Crippen LogP contribution in [0.15, 0.2) is 35.6 Å². The van der Waals surface area contributed by atoms with Crippen molar-refractivity contribution in [2.24, 2.45) is 5.92 Å². The quantitative estimate of drug-likeness (QED) is 0.264. The fourth-order valence-electron chi connectivity index (χ4n) is 6.72. The molecule has 2 aromatic carbocycles. The van der Waals surface area contributed by atoms with E-state index in [-0.39, 0.29) is 23.1 Å². The van der Waals surface area contributed by atoms with Crippen LogP contribution in [-0.2, 0) is 16.6 Å². The molecule has 202 valence electrons. The van der Waals surface area contributed by atoms with Gasteiger partial charge in [-0.05, 0) is 75.8 Å². The number of anilines is 1. The number of aliphatic hydroxyl groups excluding tert-OH is 1. The van der Waals surface area contributed by atoms with Crippen LogP contribution in [0, 0.1) is 23.4 Å². The van der Waals surface area contributed by atoms with Gasteiger partial charge in [0.1, 0.15) is 5.76 Å². The van der Waals surface area contributed by atoms with E-state index in [1.54, 1.807) is 6.92 Å². The van der Waals surface area contributed by atoms with Gasteiger partial charge in [0, 0.05) is 18.2 Å². The van der Waals surface area contributed by atoms with Crippen molar-refractivity contribution in [3.8, 4) is 11.5 Å². The average molecular weight is 531 g/mol. The standard InChI is InChI=1S/C28H29F3N2O5/c1-13(26(36)32-17-7-6-16(29)21(30)22(17)31)23(35)25-28-9-10-33(12-14-3-4-14)19(27(28,2)37)11-15-5-8-18(34)24(38-25)20(15)28/h5-8,14,19,25,34-35,37H,3-4,9-12H2,1-2H3,(H,32,36)/b23-13-/t19-,25+,27-,28+/m1/s1. The summed E-state index contributed by atoms with van der Waals surface area (Å²) < 4.78 is 47.3. The Morgan fingerprint density at radius 3 is 2.63 bits per heavy atom. The zero-order valence-corrected chi connectivity index (χ0v) is 21.0. The van der Waals surface area contributed by atoms with Crippen LogP contribution in [0.5, 0.6) is 11.5 Å². The molecule has 2 heterocycles. The molecule has 1 spiro atoms. The minimum Gasteiger partial charge on any atom is -0.508 e. The Bertz CT molecular complexity index is 1390. The highest BCUT2D eigenvalue weighted by molar-refractivity contribution is 6.03. The second-order valence-electron chi connectivity index (χ2n) is 11.2. The summed E-state index contributed by atoms with van der Waals surface area (Å²) in [4.78, 5) is 15.3. The first-order valence-electron chi connectivity index (χ1n) is 12.8. The summed E-state index contributed by atoms with van der Waals surface area (Å²) in [6.07, 6.45) is 2.04. The van der Waals surface area contributed by atoms with Crippen LogP contribution < -0.4 is 10.1 Å². The predicted molar refractivity (Wildman–Crippen MR) is 132 cm³/mol. The van der Waals surface area contributed by atoms with Crippen molar-refractivity contribution in [2.45, 2.75) is 62.7 Å². The Morgan fingerprint density at radius 2 is 1.92 bits per heavy atom. The van der Waals surface area contributed by atoms with Crippen molar-refractivity contribution in [3.05, 3.63) is 64.2 Å². The maximum Gasteiger partial charge on any atom is 0.254 e. The Morgan fingerprint density at radius 1 is 1.18 bits per heavy atom. The highest BCUT2D eigenvalue weighted by atomic mass is 19.2. The number of carbonyl (C=O) groups is 1. The van der Waals surface area contributed by atoms with E-state index in [0.717, 1.165) is 31.0 Å². The predicted octanol–water partition coefficient (Wildman–Crippen LogP) is 4.07. The number of aliphatic hydroxyl groups is 2. The number of carbonyl (C=O) groups excluding carboxylic acids is 1. The van der Waals surface area contributed by atoms with E-state index in [2.05, 4.69) is 10.2 Å². The molecule has 6 rings (SSSR count). The molecule has 2 aromatic rings. The largest absolute Gasteiger partial charge is 0.508 e. The number of amides is 1. The molecule has 0 radical (unpaired) electrons. The number of hydrogen-bond acceptors (Lipinski definition) is 6. The molecule has 2 aliphatic heterocycles. The summed E-state index contributed by atoms with van der Waals surface area (Å²) >= 11 is 0. The van der Waals surface area contributed by atoms with E-state index >= 15 is 0 Å². The number of nitrogens with zero attached hydrogens (tertiary/aromatic N) is 1. The fraction of sp³-hybridized carbons (Fsp3) is 0.464. The molecular weight excluding hydrogens is 501 g/mol. The van der Waals surface area contributed by atoms with Gasteiger partial charge in [-0.1, -0.05) is 6.07 Å². The van der Waals surface area contributed by atoms with Crippen molar-refractivity contribution in [2.75, 3.05) is 18.4 Å². The molecule has 2 fully saturated rings. The van der Waals surface area contributed by atoms with Crippen LogP contribution in [0.3, 0.4) is 0 Å². The zero-order chi connectivity index (χ0) is 27.1. The highest BCUT2D eigenvalue weighted by Gasteiger charge is 2.69.